The molecule has 0 aliphatic heterocycles. The molecular formula is C20H20N4O3S. The fourth-order valence-corrected chi connectivity index (χ4v) is 3.02. The number of para-hydroxylation sites is 1. The van der Waals surface area contributed by atoms with Crippen molar-refractivity contribution >= 4 is 34.7 Å². The van der Waals surface area contributed by atoms with Crippen molar-refractivity contribution in [2.45, 2.75) is 6.92 Å². The second kappa shape index (κ2) is 8.10. The summed E-state index contributed by atoms with van der Waals surface area (Å²) in [5.41, 5.74) is 2.84. The zero-order valence-corrected chi connectivity index (χ0v) is 16.5. The molecule has 0 saturated heterocycles. The smallest absolute Gasteiger partial charge is 0.337 e. The molecule has 3 rings (SSSR count). The molecule has 0 bridgehead atoms. The average Bonchev–Trinajstić information content (AvgIpc) is 2.92. The molecule has 8 heteroatoms. The van der Waals surface area contributed by atoms with Gasteiger partial charge in [-0.05, 0) is 55.5 Å². The number of aromatic nitrogens is 2. The second-order valence-corrected chi connectivity index (χ2v) is 6.49. The Balaban J connectivity index is 1.80. The molecule has 1 aromatic heterocycles. The quantitative estimate of drug-likeness (QED) is 0.521. The fourth-order valence-electron chi connectivity index (χ4n) is 2.80. The monoisotopic (exact) mass is 396 g/mol. The van der Waals surface area contributed by atoms with Gasteiger partial charge in [0.15, 0.2) is 5.11 Å². The number of methoxy groups -OCH3 is 1. The maximum Gasteiger partial charge on any atom is 0.337 e. The SMILES string of the molecule is COC(=O)c1ccc(NC(=S)Nc2c(C)n(C)n(-c3ccccc3)c2=O)cc1. The lowest BCUT2D eigenvalue weighted by Crippen LogP contribution is -2.25. The number of carbonyl (C=O) groups is 1. The highest BCUT2D eigenvalue weighted by molar-refractivity contribution is 7.80. The molecule has 0 unspecified atom stereocenters. The number of anilines is 2. The van der Waals surface area contributed by atoms with Crippen LogP contribution in [0.1, 0.15) is 16.1 Å². The number of carbonyl (C=O) groups excluding carboxylic acids is 1. The standard InChI is InChI=1S/C20H20N4O3S/c1-13-17(18(25)24(23(13)2)16-7-5-4-6-8-16)22-20(28)21-15-11-9-14(10-12-15)19(26)27-3/h4-12H,1-3H3,(H2,21,22,28). The van der Waals surface area contributed by atoms with Gasteiger partial charge in [0.1, 0.15) is 5.69 Å². The summed E-state index contributed by atoms with van der Waals surface area (Å²) in [5, 5.41) is 6.26. The van der Waals surface area contributed by atoms with Crippen LogP contribution < -0.4 is 16.2 Å². The summed E-state index contributed by atoms with van der Waals surface area (Å²) in [7, 11) is 3.15. The van der Waals surface area contributed by atoms with Gasteiger partial charge >= 0.3 is 5.97 Å². The molecule has 2 N–H and O–H groups in total. The molecule has 0 atom stereocenters. The fraction of sp³-hybridized carbons (Fsp3) is 0.150. The van der Waals surface area contributed by atoms with Crippen LogP contribution in [0.3, 0.4) is 0 Å². The van der Waals surface area contributed by atoms with Gasteiger partial charge in [0.2, 0.25) is 0 Å². The van der Waals surface area contributed by atoms with Crippen LogP contribution in [0.2, 0.25) is 0 Å². The summed E-state index contributed by atoms with van der Waals surface area (Å²) in [5.74, 6) is -0.409. The van der Waals surface area contributed by atoms with Crippen molar-refractivity contribution < 1.29 is 9.53 Å². The zero-order valence-electron chi connectivity index (χ0n) is 15.7. The van der Waals surface area contributed by atoms with E-state index in [0.29, 0.717) is 16.9 Å². The Morgan fingerprint density at radius 1 is 1.04 bits per heavy atom. The van der Waals surface area contributed by atoms with Gasteiger partial charge in [-0.1, -0.05) is 18.2 Å². The van der Waals surface area contributed by atoms with E-state index >= 15 is 0 Å². The summed E-state index contributed by atoms with van der Waals surface area (Å²) < 4.78 is 8.02. The van der Waals surface area contributed by atoms with E-state index in [1.807, 2.05) is 44.3 Å². The molecule has 1 heterocycles. The van der Waals surface area contributed by atoms with Gasteiger partial charge in [-0.3, -0.25) is 9.48 Å². The zero-order chi connectivity index (χ0) is 20.3. The Hall–Kier alpha value is -3.39. The minimum absolute atomic E-state index is 0.198. The van der Waals surface area contributed by atoms with Crippen molar-refractivity contribution in [2.24, 2.45) is 7.05 Å². The minimum atomic E-state index is -0.409. The van der Waals surface area contributed by atoms with Crippen LogP contribution in [-0.2, 0) is 11.8 Å². The van der Waals surface area contributed by atoms with Gasteiger partial charge in [-0.25, -0.2) is 9.48 Å². The number of nitrogens with zero attached hydrogens (tertiary/aromatic N) is 2. The number of esters is 1. The van der Waals surface area contributed by atoms with E-state index in [0.717, 1.165) is 11.4 Å². The molecule has 7 nitrogen and oxygen atoms in total. The Morgan fingerprint density at radius 2 is 1.68 bits per heavy atom. The number of ether oxygens (including phenoxy) is 1. The van der Waals surface area contributed by atoms with Crippen molar-refractivity contribution in [3.8, 4) is 5.69 Å². The van der Waals surface area contributed by atoms with E-state index in [2.05, 4.69) is 15.4 Å². The van der Waals surface area contributed by atoms with E-state index in [4.69, 9.17) is 12.2 Å². The van der Waals surface area contributed by atoms with E-state index < -0.39 is 5.97 Å². The predicted molar refractivity (Wildman–Crippen MR) is 113 cm³/mol. The van der Waals surface area contributed by atoms with Gasteiger partial charge in [0, 0.05) is 12.7 Å². The third-order valence-electron chi connectivity index (χ3n) is 4.36. The van der Waals surface area contributed by atoms with Crippen molar-refractivity contribution in [3.05, 3.63) is 76.2 Å². The van der Waals surface area contributed by atoms with Gasteiger partial charge in [0.05, 0.1) is 24.1 Å². The third kappa shape index (κ3) is 3.81. The Morgan fingerprint density at radius 3 is 2.29 bits per heavy atom. The molecule has 0 aliphatic rings. The average molecular weight is 396 g/mol. The molecule has 3 aromatic rings. The summed E-state index contributed by atoms with van der Waals surface area (Å²) in [6, 6.07) is 16.1. The summed E-state index contributed by atoms with van der Waals surface area (Å²) in [6.07, 6.45) is 0. The summed E-state index contributed by atoms with van der Waals surface area (Å²) in [4.78, 5) is 24.4. The molecular weight excluding hydrogens is 376 g/mol. The molecule has 144 valence electrons. The van der Waals surface area contributed by atoms with Crippen molar-refractivity contribution in [3.63, 3.8) is 0 Å². The molecule has 0 saturated carbocycles. The minimum Gasteiger partial charge on any atom is -0.465 e. The molecule has 0 aliphatic carbocycles. The van der Waals surface area contributed by atoms with Crippen LogP contribution in [0.4, 0.5) is 11.4 Å². The summed E-state index contributed by atoms with van der Waals surface area (Å²) in [6.45, 7) is 1.84. The van der Waals surface area contributed by atoms with Crippen molar-refractivity contribution in [1.82, 2.24) is 9.36 Å². The van der Waals surface area contributed by atoms with Crippen LogP contribution in [0.15, 0.2) is 59.4 Å². The number of hydrogen-bond donors (Lipinski definition) is 2. The maximum absolute atomic E-state index is 12.9. The van der Waals surface area contributed by atoms with E-state index in [-0.39, 0.29) is 10.7 Å². The second-order valence-electron chi connectivity index (χ2n) is 6.08. The van der Waals surface area contributed by atoms with Crippen LogP contribution >= 0.6 is 12.2 Å². The molecule has 2 aromatic carbocycles. The first kappa shape index (κ1) is 19.4. The van der Waals surface area contributed by atoms with Gasteiger partial charge in [0.25, 0.3) is 5.56 Å². The number of nitrogens with one attached hydrogen (secondary N) is 2. The summed E-state index contributed by atoms with van der Waals surface area (Å²) >= 11 is 5.34. The predicted octanol–water partition coefficient (Wildman–Crippen LogP) is 3.08. The van der Waals surface area contributed by atoms with Gasteiger partial charge in [-0.2, -0.15) is 0 Å². The third-order valence-corrected chi connectivity index (χ3v) is 4.56. The van der Waals surface area contributed by atoms with E-state index in [9.17, 15) is 9.59 Å². The molecule has 0 spiro atoms. The van der Waals surface area contributed by atoms with Crippen LogP contribution in [0.25, 0.3) is 5.69 Å². The topological polar surface area (TPSA) is 77.3 Å². The number of rotatable bonds is 4. The van der Waals surface area contributed by atoms with Gasteiger partial charge < -0.3 is 15.4 Å². The Kier molecular flexibility index (Phi) is 5.60. The van der Waals surface area contributed by atoms with Crippen LogP contribution in [-0.4, -0.2) is 27.6 Å². The highest BCUT2D eigenvalue weighted by Gasteiger charge is 2.17. The first-order chi connectivity index (χ1) is 13.4. The lowest BCUT2D eigenvalue weighted by atomic mass is 10.2. The molecule has 28 heavy (non-hydrogen) atoms. The van der Waals surface area contributed by atoms with E-state index in [1.54, 1.807) is 33.6 Å². The highest BCUT2D eigenvalue weighted by atomic mass is 32.1. The van der Waals surface area contributed by atoms with Crippen LogP contribution in [0.5, 0.6) is 0 Å². The lowest BCUT2D eigenvalue weighted by Gasteiger charge is -2.10. The van der Waals surface area contributed by atoms with Crippen molar-refractivity contribution in [2.75, 3.05) is 17.7 Å². The number of benzene rings is 2. The Bertz CT molecular complexity index is 1070. The molecule has 0 fully saturated rings. The number of hydrogen-bond acceptors (Lipinski definition) is 4. The first-order valence-corrected chi connectivity index (χ1v) is 8.93. The molecule has 0 amide bonds. The van der Waals surface area contributed by atoms with Gasteiger partial charge in [-0.15, -0.1) is 0 Å². The maximum atomic E-state index is 12.9. The normalized spacial score (nSPS) is 10.4. The largest absolute Gasteiger partial charge is 0.465 e. The Labute approximate surface area is 167 Å². The van der Waals surface area contributed by atoms with Crippen LogP contribution in [0, 0.1) is 6.92 Å². The lowest BCUT2D eigenvalue weighted by molar-refractivity contribution is 0.0601. The number of thiocarbonyl (C=S) groups is 1. The highest BCUT2D eigenvalue weighted by Crippen LogP contribution is 2.15. The molecule has 0 radical (unpaired) electrons. The first-order valence-electron chi connectivity index (χ1n) is 8.52. The van der Waals surface area contributed by atoms with Crippen molar-refractivity contribution in [1.29, 1.82) is 0 Å². The van der Waals surface area contributed by atoms with E-state index in [1.165, 1.54) is 7.11 Å².